The lowest BCUT2D eigenvalue weighted by atomic mass is 10.0. The number of carbonyl (C=O) groups excluding carboxylic acids is 1. The number of aromatic nitrogens is 3. The summed E-state index contributed by atoms with van der Waals surface area (Å²) in [6.45, 7) is 8.79. The fourth-order valence-corrected chi connectivity index (χ4v) is 4.36. The van der Waals surface area contributed by atoms with Crippen molar-refractivity contribution in [2.75, 3.05) is 11.1 Å². The van der Waals surface area contributed by atoms with E-state index < -0.39 is 0 Å². The third-order valence-corrected chi connectivity index (χ3v) is 6.31. The molecule has 1 atom stereocenters. The second-order valence-electron chi connectivity index (χ2n) is 7.53. The van der Waals surface area contributed by atoms with Gasteiger partial charge in [0.05, 0.1) is 10.8 Å². The van der Waals surface area contributed by atoms with Crippen LogP contribution in [0.1, 0.15) is 51.1 Å². The first kappa shape index (κ1) is 24.4. The summed E-state index contributed by atoms with van der Waals surface area (Å²) in [4.78, 5) is 12.4. The van der Waals surface area contributed by atoms with Gasteiger partial charge >= 0.3 is 0 Å². The molecule has 9 heteroatoms. The molecular weight excluding hydrogens is 467 g/mol. The standard InChI is InChI=1S/C23H26Cl2N4O2S/c1-5-29-22(15(4)31-20-11-8-17(24)12-19(20)25)27-28-23(29)32-13-21(30)26-18-9-6-16(7-10-18)14(2)3/h6-12,14-15H,5,13H2,1-4H3,(H,26,30). The molecule has 1 aromatic heterocycles. The van der Waals surface area contributed by atoms with E-state index in [1.807, 2.05) is 42.7 Å². The van der Waals surface area contributed by atoms with Gasteiger partial charge in [-0.05, 0) is 55.7 Å². The Labute approximate surface area is 202 Å². The SMILES string of the molecule is CCn1c(SCC(=O)Nc2ccc(C(C)C)cc2)nnc1C(C)Oc1ccc(Cl)cc1Cl. The quantitative estimate of drug-likeness (QED) is 0.340. The Morgan fingerprint density at radius 2 is 1.84 bits per heavy atom. The van der Waals surface area contributed by atoms with E-state index in [2.05, 4.69) is 29.4 Å². The summed E-state index contributed by atoms with van der Waals surface area (Å²) in [6.07, 6.45) is -0.385. The van der Waals surface area contributed by atoms with E-state index in [1.165, 1.54) is 17.3 Å². The lowest BCUT2D eigenvalue weighted by Gasteiger charge is -2.16. The highest BCUT2D eigenvalue weighted by Crippen LogP contribution is 2.31. The molecular formula is C23H26Cl2N4O2S. The molecule has 3 rings (SSSR count). The Kier molecular flexibility index (Phi) is 8.45. The second kappa shape index (κ2) is 11.1. The molecule has 2 aromatic carbocycles. The Balaban J connectivity index is 1.62. The number of carbonyl (C=O) groups is 1. The number of ether oxygens (including phenoxy) is 1. The van der Waals surface area contributed by atoms with Gasteiger partial charge in [-0.3, -0.25) is 4.79 Å². The number of hydrogen-bond donors (Lipinski definition) is 1. The Morgan fingerprint density at radius 1 is 1.12 bits per heavy atom. The number of rotatable bonds is 9. The minimum Gasteiger partial charge on any atom is -0.481 e. The van der Waals surface area contributed by atoms with Gasteiger partial charge in [0.25, 0.3) is 0 Å². The predicted octanol–water partition coefficient (Wildman–Crippen LogP) is 6.60. The van der Waals surface area contributed by atoms with Crippen molar-refractivity contribution < 1.29 is 9.53 Å². The summed E-state index contributed by atoms with van der Waals surface area (Å²) < 4.78 is 7.90. The minimum atomic E-state index is -0.385. The first-order valence-corrected chi connectivity index (χ1v) is 12.1. The maximum Gasteiger partial charge on any atom is 0.234 e. The molecule has 0 aliphatic rings. The number of hydrogen-bond acceptors (Lipinski definition) is 5. The molecule has 1 N–H and O–H groups in total. The maximum absolute atomic E-state index is 12.4. The van der Waals surface area contributed by atoms with Gasteiger partial charge in [0.15, 0.2) is 17.1 Å². The zero-order valence-corrected chi connectivity index (χ0v) is 20.8. The molecule has 0 aliphatic heterocycles. The smallest absolute Gasteiger partial charge is 0.234 e. The number of nitrogens with zero attached hydrogens (tertiary/aromatic N) is 3. The molecule has 1 amide bonds. The Hall–Kier alpha value is -2.22. The van der Waals surface area contributed by atoms with Gasteiger partial charge in [0, 0.05) is 17.3 Å². The molecule has 0 saturated heterocycles. The van der Waals surface area contributed by atoms with Crippen LogP contribution in [0.2, 0.25) is 10.0 Å². The van der Waals surface area contributed by atoms with Crippen LogP contribution in [0.3, 0.4) is 0 Å². The first-order chi connectivity index (χ1) is 15.3. The van der Waals surface area contributed by atoms with Crippen LogP contribution in [0, 0.1) is 0 Å². The van der Waals surface area contributed by atoms with Crippen molar-refractivity contribution in [3.05, 3.63) is 63.9 Å². The summed E-state index contributed by atoms with van der Waals surface area (Å²) >= 11 is 13.5. The van der Waals surface area contributed by atoms with Crippen molar-refractivity contribution >= 4 is 46.6 Å². The van der Waals surface area contributed by atoms with E-state index in [4.69, 9.17) is 27.9 Å². The number of amides is 1. The second-order valence-corrected chi connectivity index (χ2v) is 9.32. The van der Waals surface area contributed by atoms with Crippen LogP contribution >= 0.6 is 35.0 Å². The van der Waals surface area contributed by atoms with Gasteiger partial charge in [-0.15, -0.1) is 10.2 Å². The molecule has 0 saturated carbocycles. The average Bonchev–Trinajstić information content (AvgIpc) is 3.17. The van der Waals surface area contributed by atoms with Gasteiger partial charge in [-0.1, -0.05) is 60.9 Å². The van der Waals surface area contributed by atoms with Crippen molar-refractivity contribution in [1.29, 1.82) is 0 Å². The van der Waals surface area contributed by atoms with Gasteiger partial charge < -0.3 is 14.6 Å². The number of thioether (sulfide) groups is 1. The lowest BCUT2D eigenvalue weighted by Crippen LogP contribution is -2.15. The van der Waals surface area contributed by atoms with Crippen LogP contribution in [0.4, 0.5) is 5.69 Å². The van der Waals surface area contributed by atoms with Crippen LogP contribution in [-0.4, -0.2) is 26.4 Å². The lowest BCUT2D eigenvalue weighted by molar-refractivity contribution is -0.113. The van der Waals surface area contributed by atoms with Gasteiger partial charge in [0.1, 0.15) is 5.75 Å². The molecule has 1 heterocycles. The summed E-state index contributed by atoms with van der Waals surface area (Å²) in [6, 6.07) is 13.0. The highest BCUT2D eigenvalue weighted by molar-refractivity contribution is 7.99. The van der Waals surface area contributed by atoms with Crippen LogP contribution in [0.15, 0.2) is 47.6 Å². The number of benzene rings is 2. The van der Waals surface area contributed by atoms with E-state index >= 15 is 0 Å². The van der Waals surface area contributed by atoms with E-state index in [1.54, 1.807) is 18.2 Å². The molecule has 0 spiro atoms. The largest absolute Gasteiger partial charge is 0.481 e. The van der Waals surface area contributed by atoms with E-state index in [9.17, 15) is 4.79 Å². The first-order valence-electron chi connectivity index (χ1n) is 10.4. The van der Waals surface area contributed by atoms with Crippen LogP contribution in [0.25, 0.3) is 0 Å². The highest BCUT2D eigenvalue weighted by Gasteiger charge is 2.20. The average molecular weight is 493 g/mol. The number of nitrogens with one attached hydrogen (secondary N) is 1. The predicted molar refractivity (Wildman–Crippen MR) is 131 cm³/mol. The molecule has 170 valence electrons. The fraction of sp³-hybridized carbons (Fsp3) is 0.348. The van der Waals surface area contributed by atoms with Crippen LogP contribution in [0.5, 0.6) is 5.75 Å². The molecule has 1 unspecified atom stereocenters. The van der Waals surface area contributed by atoms with Crippen molar-refractivity contribution in [2.45, 2.75) is 51.4 Å². The number of halogens is 2. The third kappa shape index (κ3) is 6.18. The zero-order chi connectivity index (χ0) is 23.3. The van der Waals surface area contributed by atoms with Crippen molar-refractivity contribution in [1.82, 2.24) is 14.8 Å². The molecule has 0 bridgehead atoms. The molecule has 0 aliphatic carbocycles. The van der Waals surface area contributed by atoms with Crippen LogP contribution in [-0.2, 0) is 11.3 Å². The minimum absolute atomic E-state index is 0.100. The fourth-order valence-electron chi connectivity index (χ4n) is 3.10. The monoisotopic (exact) mass is 492 g/mol. The van der Waals surface area contributed by atoms with Gasteiger partial charge in [-0.25, -0.2) is 0 Å². The highest BCUT2D eigenvalue weighted by atomic mass is 35.5. The van der Waals surface area contributed by atoms with Crippen molar-refractivity contribution in [3.63, 3.8) is 0 Å². The van der Waals surface area contributed by atoms with Gasteiger partial charge in [0.2, 0.25) is 5.91 Å². The van der Waals surface area contributed by atoms with Crippen molar-refractivity contribution in [3.8, 4) is 5.75 Å². The van der Waals surface area contributed by atoms with Crippen molar-refractivity contribution in [2.24, 2.45) is 0 Å². The normalized spacial score (nSPS) is 12.1. The number of anilines is 1. The summed E-state index contributed by atoms with van der Waals surface area (Å²) in [5.41, 5.74) is 2.01. The van der Waals surface area contributed by atoms with Crippen LogP contribution < -0.4 is 10.1 Å². The summed E-state index contributed by atoms with van der Waals surface area (Å²) in [7, 11) is 0. The van der Waals surface area contributed by atoms with E-state index in [-0.39, 0.29) is 17.8 Å². The van der Waals surface area contributed by atoms with Gasteiger partial charge in [-0.2, -0.15) is 0 Å². The zero-order valence-electron chi connectivity index (χ0n) is 18.4. The molecule has 32 heavy (non-hydrogen) atoms. The Morgan fingerprint density at radius 3 is 2.47 bits per heavy atom. The Bertz CT molecular complexity index is 1070. The summed E-state index contributed by atoms with van der Waals surface area (Å²) in [5.74, 6) is 1.75. The van der Waals surface area contributed by atoms with E-state index in [0.717, 1.165) is 5.69 Å². The maximum atomic E-state index is 12.4. The molecule has 0 radical (unpaired) electrons. The molecule has 3 aromatic rings. The topological polar surface area (TPSA) is 69.0 Å². The molecule has 6 nitrogen and oxygen atoms in total. The molecule has 0 fully saturated rings. The third-order valence-electron chi connectivity index (χ3n) is 4.82. The summed E-state index contributed by atoms with van der Waals surface area (Å²) in [5, 5.41) is 13.1. The van der Waals surface area contributed by atoms with E-state index in [0.29, 0.717) is 39.2 Å².